The maximum atomic E-state index is 12.0. The molecule has 7 heteroatoms. The molecule has 102 valence electrons. The summed E-state index contributed by atoms with van der Waals surface area (Å²) in [5, 5.41) is 22.0. The highest BCUT2D eigenvalue weighted by molar-refractivity contribution is 6.01. The molecule has 1 aromatic rings. The van der Waals surface area contributed by atoms with E-state index < -0.39 is 22.8 Å². The number of carbonyl (C=O) groups is 2. The predicted octanol–water partition coefficient (Wildman–Crippen LogP) is 1.50. The first kappa shape index (κ1) is 14.6. The Kier molecular flexibility index (Phi) is 4.57. The molecular formula is C12H14N2O5. The Morgan fingerprint density at radius 1 is 1.47 bits per heavy atom. The van der Waals surface area contributed by atoms with Gasteiger partial charge in [-0.05, 0) is 18.9 Å². The monoisotopic (exact) mass is 266 g/mol. The lowest BCUT2D eigenvalue weighted by Crippen LogP contribution is -2.40. The Morgan fingerprint density at radius 3 is 2.58 bits per heavy atom. The summed E-state index contributed by atoms with van der Waals surface area (Å²) >= 11 is 0. The van der Waals surface area contributed by atoms with Gasteiger partial charge in [-0.1, -0.05) is 19.1 Å². The highest BCUT2D eigenvalue weighted by Gasteiger charge is 2.25. The minimum Gasteiger partial charge on any atom is -0.480 e. The molecule has 0 aliphatic heterocycles. The van der Waals surface area contributed by atoms with Gasteiger partial charge < -0.3 is 10.4 Å². The second kappa shape index (κ2) is 5.94. The number of benzene rings is 1. The zero-order valence-corrected chi connectivity index (χ0v) is 10.5. The van der Waals surface area contributed by atoms with E-state index in [0.717, 1.165) is 0 Å². The fourth-order valence-corrected chi connectivity index (χ4v) is 1.67. The van der Waals surface area contributed by atoms with Crippen LogP contribution in [0, 0.1) is 17.0 Å². The number of hydrogen-bond acceptors (Lipinski definition) is 4. The summed E-state index contributed by atoms with van der Waals surface area (Å²) in [7, 11) is 0. The number of carboxylic acids is 1. The molecule has 0 unspecified atom stereocenters. The summed E-state index contributed by atoms with van der Waals surface area (Å²) in [5.41, 5.74) is -0.0168. The van der Waals surface area contributed by atoms with Gasteiger partial charge in [0.05, 0.1) is 4.92 Å². The fraction of sp³-hybridized carbons (Fsp3) is 0.333. The quantitative estimate of drug-likeness (QED) is 0.619. The normalized spacial score (nSPS) is 11.7. The summed E-state index contributed by atoms with van der Waals surface area (Å²) < 4.78 is 0. The number of aliphatic carboxylic acids is 1. The number of nitrogens with one attached hydrogen (secondary N) is 1. The van der Waals surface area contributed by atoms with Crippen LogP contribution in [0.3, 0.4) is 0 Å². The summed E-state index contributed by atoms with van der Waals surface area (Å²) in [5.74, 6) is -1.92. The van der Waals surface area contributed by atoms with Crippen LogP contribution in [-0.4, -0.2) is 27.9 Å². The lowest BCUT2D eigenvalue weighted by molar-refractivity contribution is -0.385. The van der Waals surface area contributed by atoms with E-state index in [1.165, 1.54) is 12.1 Å². The molecule has 19 heavy (non-hydrogen) atoms. The Balaban J connectivity index is 3.12. The van der Waals surface area contributed by atoms with Gasteiger partial charge in [0, 0.05) is 6.07 Å². The standard InChI is InChI=1S/C12H14N2O5/c1-3-8(12(16)17)13-11(15)10-7(2)5-4-6-9(10)14(18)19/h4-6,8H,3H2,1-2H3,(H,13,15)(H,16,17)/t8-/m0/s1. The Labute approximate surface area is 109 Å². The van der Waals surface area contributed by atoms with Crippen molar-refractivity contribution < 1.29 is 19.6 Å². The van der Waals surface area contributed by atoms with Crippen molar-refractivity contribution >= 4 is 17.6 Å². The topological polar surface area (TPSA) is 110 Å². The number of carbonyl (C=O) groups excluding carboxylic acids is 1. The van der Waals surface area contributed by atoms with Gasteiger partial charge in [0.2, 0.25) is 0 Å². The molecule has 0 saturated heterocycles. The van der Waals surface area contributed by atoms with Crippen molar-refractivity contribution in [3.63, 3.8) is 0 Å². The summed E-state index contributed by atoms with van der Waals surface area (Å²) in [4.78, 5) is 33.1. The van der Waals surface area contributed by atoms with Crippen LogP contribution >= 0.6 is 0 Å². The molecule has 1 atom stereocenters. The average Bonchev–Trinajstić information content (AvgIpc) is 2.34. The van der Waals surface area contributed by atoms with Crippen LogP contribution in [0.15, 0.2) is 18.2 Å². The number of hydrogen-bond donors (Lipinski definition) is 2. The van der Waals surface area contributed by atoms with Crippen LogP contribution in [0.5, 0.6) is 0 Å². The smallest absolute Gasteiger partial charge is 0.326 e. The van der Waals surface area contributed by atoms with E-state index in [4.69, 9.17) is 5.11 Å². The van der Waals surface area contributed by atoms with Gasteiger partial charge in [0.1, 0.15) is 11.6 Å². The molecule has 0 radical (unpaired) electrons. The fourth-order valence-electron chi connectivity index (χ4n) is 1.67. The SMILES string of the molecule is CC[C@H](NC(=O)c1c(C)cccc1[N+](=O)[O-])C(=O)O. The lowest BCUT2D eigenvalue weighted by atomic mass is 10.1. The third-order valence-corrected chi connectivity index (χ3v) is 2.69. The first-order valence-electron chi connectivity index (χ1n) is 5.66. The number of amides is 1. The number of rotatable bonds is 5. The van der Waals surface area contributed by atoms with Gasteiger partial charge in [-0.25, -0.2) is 4.79 Å². The minimum atomic E-state index is -1.17. The highest BCUT2D eigenvalue weighted by atomic mass is 16.6. The predicted molar refractivity (Wildman–Crippen MR) is 67.0 cm³/mol. The van der Waals surface area contributed by atoms with Crippen molar-refractivity contribution in [2.24, 2.45) is 0 Å². The Morgan fingerprint density at radius 2 is 2.11 bits per heavy atom. The molecule has 0 fully saturated rings. The van der Waals surface area contributed by atoms with E-state index in [1.807, 2.05) is 0 Å². The molecule has 0 spiro atoms. The summed E-state index contributed by atoms with van der Waals surface area (Å²) in [6.45, 7) is 3.16. The molecule has 2 N–H and O–H groups in total. The summed E-state index contributed by atoms with van der Waals surface area (Å²) in [6.07, 6.45) is 0.195. The van der Waals surface area contributed by atoms with Crippen molar-refractivity contribution in [1.82, 2.24) is 5.32 Å². The van der Waals surface area contributed by atoms with Gasteiger partial charge in [-0.2, -0.15) is 0 Å². The molecule has 1 rings (SSSR count). The first-order valence-corrected chi connectivity index (χ1v) is 5.66. The average molecular weight is 266 g/mol. The largest absolute Gasteiger partial charge is 0.480 e. The van der Waals surface area contributed by atoms with E-state index in [0.29, 0.717) is 5.56 Å². The lowest BCUT2D eigenvalue weighted by Gasteiger charge is -2.13. The molecule has 0 aliphatic carbocycles. The minimum absolute atomic E-state index is 0.104. The number of carboxylic acid groups (broad SMARTS) is 1. The zero-order chi connectivity index (χ0) is 14.6. The van der Waals surface area contributed by atoms with Crippen LogP contribution in [-0.2, 0) is 4.79 Å². The molecule has 0 saturated carbocycles. The van der Waals surface area contributed by atoms with Gasteiger partial charge in [0.25, 0.3) is 11.6 Å². The van der Waals surface area contributed by atoms with Crippen molar-refractivity contribution in [2.45, 2.75) is 26.3 Å². The number of nitro groups is 1. The van der Waals surface area contributed by atoms with Gasteiger partial charge in [0.15, 0.2) is 0 Å². The molecular weight excluding hydrogens is 252 g/mol. The van der Waals surface area contributed by atoms with Crippen LogP contribution in [0.1, 0.15) is 29.3 Å². The molecule has 7 nitrogen and oxygen atoms in total. The van der Waals surface area contributed by atoms with E-state index in [-0.39, 0.29) is 17.7 Å². The second-order valence-corrected chi connectivity index (χ2v) is 4.00. The van der Waals surface area contributed by atoms with Gasteiger partial charge in [-0.3, -0.25) is 14.9 Å². The molecule has 1 amide bonds. The van der Waals surface area contributed by atoms with E-state index in [1.54, 1.807) is 19.9 Å². The molecule has 0 aliphatic rings. The van der Waals surface area contributed by atoms with Crippen molar-refractivity contribution in [1.29, 1.82) is 0 Å². The van der Waals surface area contributed by atoms with Crippen molar-refractivity contribution in [2.75, 3.05) is 0 Å². The van der Waals surface area contributed by atoms with Crippen LogP contribution in [0.2, 0.25) is 0 Å². The number of nitrogens with zero attached hydrogens (tertiary/aromatic N) is 1. The molecule has 1 aromatic carbocycles. The van der Waals surface area contributed by atoms with Gasteiger partial charge >= 0.3 is 5.97 Å². The van der Waals surface area contributed by atoms with Crippen LogP contribution in [0.4, 0.5) is 5.69 Å². The number of aryl methyl sites for hydroxylation is 1. The van der Waals surface area contributed by atoms with Gasteiger partial charge in [-0.15, -0.1) is 0 Å². The van der Waals surface area contributed by atoms with Crippen molar-refractivity contribution in [3.8, 4) is 0 Å². The second-order valence-electron chi connectivity index (χ2n) is 4.00. The van der Waals surface area contributed by atoms with E-state index >= 15 is 0 Å². The molecule has 0 aromatic heterocycles. The summed E-state index contributed by atoms with van der Waals surface area (Å²) in [6, 6.07) is 3.18. The molecule has 0 heterocycles. The maximum absolute atomic E-state index is 12.0. The number of nitro benzene ring substituents is 1. The molecule has 0 bridgehead atoms. The van der Waals surface area contributed by atoms with E-state index in [2.05, 4.69) is 5.32 Å². The maximum Gasteiger partial charge on any atom is 0.326 e. The van der Waals surface area contributed by atoms with Crippen LogP contribution < -0.4 is 5.32 Å². The highest BCUT2D eigenvalue weighted by Crippen LogP contribution is 2.21. The van der Waals surface area contributed by atoms with Crippen LogP contribution in [0.25, 0.3) is 0 Å². The first-order chi connectivity index (χ1) is 8.88. The van der Waals surface area contributed by atoms with E-state index in [9.17, 15) is 19.7 Å². The third-order valence-electron chi connectivity index (χ3n) is 2.69. The third kappa shape index (κ3) is 3.27. The Bertz CT molecular complexity index is 527. The zero-order valence-electron chi connectivity index (χ0n) is 10.5. The Hall–Kier alpha value is -2.44. The van der Waals surface area contributed by atoms with Crippen molar-refractivity contribution in [3.05, 3.63) is 39.4 Å².